The SMILES string of the molecule is CCCNC(CCCC(F)(F)F)C1CCCC1C. The van der Waals surface area contributed by atoms with Crippen molar-refractivity contribution in [3.05, 3.63) is 0 Å². The van der Waals surface area contributed by atoms with Gasteiger partial charge in [0, 0.05) is 12.5 Å². The normalized spacial score (nSPS) is 26.5. The summed E-state index contributed by atoms with van der Waals surface area (Å²) in [5.41, 5.74) is 0. The molecular formula is C14H26F3N. The molecule has 0 aliphatic heterocycles. The van der Waals surface area contributed by atoms with Gasteiger partial charge in [-0.15, -0.1) is 0 Å². The van der Waals surface area contributed by atoms with Crippen molar-refractivity contribution in [1.29, 1.82) is 0 Å². The van der Waals surface area contributed by atoms with Crippen LogP contribution in [0.2, 0.25) is 0 Å². The molecule has 18 heavy (non-hydrogen) atoms. The van der Waals surface area contributed by atoms with E-state index < -0.39 is 12.6 Å². The van der Waals surface area contributed by atoms with Crippen LogP contribution in [0.25, 0.3) is 0 Å². The molecule has 0 aromatic carbocycles. The van der Waals surface area contributed by atoms with Crippen molar-refractivity contribution in [3.63, 3.8) is 0 Å². The van der Waals surface area contributed by atoms with Crippen LogP contribution in [0.1, 0.15) is 58.8 Å². The van der Waals surface area contributed by atoms with E-state index in [9.17, 15) is 13.2 Å². The first-order valence-corrected chi connectivity index (χ1v) is 7.24. The number of hydrogen-bond acceptors (Lipinski definition) is 1. The lowest BCUT2D eigenvalue weighted by Gasteiger charge is -2.28. The van der Waals surface area contributed by atoms with Gasteiger partial charge in [0.05, 0.1) is 0 Å². The fraction of sp³-hybridized carbons (Fsp3) is 1.00. The molecule has 4 heteroatoms. The van der Waals surface area contributed by atoms with E-state index in [1.807, 2.05) is 0 Å². The number of halogens is 3. The molecule has 1 fully saturated rings. The Kier molecular flexibility index (Phi) is 6.47. The second kappa shape index (κ2) is 7.37. The van der Waals surface area contributed by atoms with Gasteiger partial charge in [-0.05, 0) is 44.1 Å². The van der Waals surface area contributed by atoms with Crippen LogP contribution in [-0.4, -0.2) is 18.8 Å². The molecule has 1 aliphatic rings. The van der Waals surface area contributed by atoms with Gasteiger partial charge in [-0.2, -0.15) is 13.2 Å². The van der Waals surface area contributed by atoms with E-state index in [-0.39, 0.29) is 12.5 Å². The second-order valence-corrected chi connectivity index (χ2v) is 5.64. The number of hydrogen-bond donors (Lipinski definition) is 1. The molecule has 0 radical (unpaired) electrons. The molecule has 1 N–H and O–H groups in total. The fourth-order valence-corrected chi connectivity index (χ4v) is 3.09. The number of alkyl halides is 3. The molecule has 1 rings (SSSR count). The molecular weight excluding hydrogens is 239 g/mol. The van der Waals surface area contributed by atoms with Gasteiger partial charge in [-0.3, -0.25) is 0 Å². The zero-order chi connectivity index (χ0) is 13.6. The van der Waals surface area contributed by atoms with E-state index in [1.165, 1.54) is 19.3 Å². The van der Waals surface area contributed by atoms with E-state index in [0.29, 0.717) is 18.3 Å². The topological polar surface area (TPSA) is 12.0 Å². The first kappa shape index (κ1) is 15.8. The standard InChI is InChI=1S/C14H26F3N/c1-3-10-18-13(8-5-9-14(15,16)17)12-7-4-6-11(12)2/h11-13,18H,3-10H2,1-2H3. The molecule has 1 nitrogen and oxygen atoms in total. The van der Waals surface area contributed by atoms with Gasteiger partial charge in [0.2, 0.25) is 0 Å². The first-order chi connectivity index (χ1) is 8.44. The fourth-order valence-electron chi connectivity index (χ4n) is 3.09. The van der Waals surface area contributed by atoms with Crippen LogP contribution < -0.4 is 5.32 Å². The van der Waals surface area contributed by atoms with Crippen molar-refractivity contribution >= 4 is 0 Å². The predicted molar refractivity (Wildman–Crippen MR) is 68.5 cm³/mol. The highest BCUT2D eigenvalue weighted by Crippen LogP contribution is 2.35. The molecule has 0 heterocycles. The van der Waals surface area contributed by atoms with Gasteiger partial charge >= 0.3 is 6.18 Å². The molecule has 3 atom stereocenters. The van der Waals surface area contributed by atoms with E-state index in [4.69, 9.17) is 0 Å². The minimum atomic E-state index is -4.00. The molecule has 0 aromatic rings. The third kappa shape index (κ3) is 5.59. The summed E-state index contributed by atoms with van der Waals surface area (Å²) < 4.78 is 36.6. The lowest BCUT2D eigenvalue weighted by atomic mass is 9.87. The highest BCUT2D eigenvalue weighted by atomic mass is 19.4. The van der Waals surface area contributed by atoms with Crippen molar-refractivity contribution in [2.75, 3.05) is 6.54 Å². The highest BCUT2D eigenvalue weighted by molar-refractivity contribution is 4.85. The first-order valence-electron chi connectivity index (χ1n) is 7.24. The Bertz CT molecular complexity index is 228. The largest absolute Gasteiger partial charge is 0.389 e. The lowest BCUT2D eigenvalue weighted by molar-refractivity contribution is -0.136. The van der Waals surface area contributed by atoms with Crippen LogP contribution in [0.15, 0.2) is 0 Å². The van der Waals surface area contributed by atoms with Crippen molar-refractivity contribution < 1.29 is 13.2 Å². The highest BCUT2D eigenvalue weighted by Gasteiger charge is 2.32. The molecule has 1 aliphatic carbocycles. The summed E-state index contributed by atoms with van der Waals surface area (Å²) in [4.78, 5) is 0. The molecule has 0 bridgehead atoms. The Labute approximate surface area is 109 Å². The Balaban J connectivity index is 2.40. The van der Waals surface area contributed by atoms with Gasteiger partial charge in [0.25, 0.3) is 0 Å². The summed E-state index contributed by atoms with van der Waals surface area (Å²) in [7, 11) is 0. The van der Waals surface area contributed by atoms with Gasteiger partial charge in [0.1, 0.15) is 0 Å². The van der Waals surface area contributed by atoms with Crippen LogP contribution >= 0.6 is 0 Å². The van der Waals surface area contributed by atoms with Crippen LogP contribution in [0, 0.1) is 11.8 Å². The molecule has 0 aromatic heterocycles. The summed E-state index contributed by atoms with van der Waals surface area (Å²) in [5.74, 6) is 1.23. The molecule has 0 spiro atoms. The minimum absolute atomic E-state index is 0.258. The maximum Gasteiger partial charge on any atom is 0.389 e. The van der Waals surface area contributed by atoms with E-state index in [2.05, 4.69) is 19.2 Å². The van der Waals surface area contributed by atoms with E-state index >= 15 is 0 Å². The number of nitrogens with one attached hydrogen (secondary N) is 1. The molecule has 1 saturated carbocycles. The second-order valence-electron chi connectivity index (χ2n) is 5.64. The van der Waals surface area contributed by atoms with Crippen LogP contribution in [0.4, 0.5) is 13.2 Å². The Hall–Kier alpha value is -0.250. The monoisotopic (exact) mass is 265 g/mol. The molecule has 3 unspecified atom stereocenters. The van der Waals surface area contributed by atoms with Gasteiger partial charge in [0.15, 0.2) is 0 Å². The predicted octanol–water partition coefficient (Wildman–Crippen LogP) is 4.52. The molecule has 108 valence electrons. The zero-order valence-electron chi connectivity index (χ0n) is 11.5. The van der Waals surface area contributed by atoms with Gasteiger partial charge in [-0.25, -0.2) is 0 Å². The average Bonchev–Trinajstić information content (AvgIpc) is 2.68. The number of rotatable bonds is 7. The van der Waals surface area contributed by atoms with Crippen molar-refractivity contribution in [2.24, 2.45) is 11.8 Å². The third-order valence-corrected chi connectivity index (χ3v) is 4.08. The van der Waals surface area contributed by atoms with Crippen LogP contribution in [-0.2, 0) is 0 Å². The lowest BCUT2D eigenvalue weighted by Crippen LogP contribution is -2.38. The Morgan fingerprint density at radius 2 is 2.00 bits per heavy atom. The van der Waals surface area contributed by atoms with Crippen molar-refractivity contribution in [1.82, 2.24) is 5.32 Å². The van der Waals surface area contributed by atoms with Gasteiger partial charge < -0.3 is 5.32 Å². The zero-order valence-corrected chi connectivity index (χ0v) is 11.5. The summed E-state index contributed by atoms with van der Waals surface area (Å²) >= 11 is 0. The average molecular weight is 265 g/mol. The van der Waals surface area contributed by atoms with Crippen molar-refractivity contribution in [2.45, 2.75) is 71.0 Å². The van der Waals surface area contributed by atoms with Crippen LogP contribution in [0.3, 0.4) is 0 Å². The van der Waals surface area contributed by atoms with Crippen molar-refractivity contribution in [3.8, 4) is 0 Å². The maximum atomic E-state index is 12.2. The minimum Gasteiger partial charge on any atom is -0.314 e. The van der Waals surface area contributed by atoms with E-state index in [1.54, 1.807) is 0 Å². The Morgan fingerprint density at radius 3 is 2.50 bits per heavy atom. The third-order valence-electron chi connectivity index (χ3n) is 4.08. The Morgan fingerprint density at radius 1 is 1.28 bits per heavy atom. The quantitative estimate of drug-likeness (QED) is 0.713. The van der Waals surface area contributed by atoms with Crippen LogP contribution in [0.5, 0.6) is 0 Å². The molecule has 0 saturated heterocycles. The smallest absolute Gasteiger partial charge is 0.314 e. The van der Waals surface area contributed by atoms with Gasteiger partial charge in [-0.1, -0.05) is 26.7 Å². The maximum absolute atomic E-state index is 12.2. The van der Waals surface area contributed by atoms with E-state index in [0.717, 1.165) is 13.0 Å². The summed E-state index contributed by atoms with van der Waals surface area (Å²) in [6.45, 7) is 5.25. The summed E-state index contributed by atoms with van der Waals surface area (Å²) in [5, 5.41) is 3.46. The molecule has 0 amide bonds. The summed E-state index contributed by atoms with van der Waals surface area (Å²) in [6.07, 6.45) is 0.951. The summed E-state index contributed by atoms with van der Waals surface area (Å²) in [6, 6.07) is 0.282.